The summed E-state index contributed by atoms with van der Waals surface area (Å²) >= 11 is 1.64. The molecular weight excluding hydrogens is 198 g/mol. The molecule has 1 aliphatic heterocycles. The lowest BCUT2D eigenvalue weighted by Crippen LogP contribution is -2.22. The molecule has 0 aromatic carbocycles. The first kappa shape index (κ1) is 9.61. The van der Waals surface area contributed by atoms with Gasteiger partial charge in [0.15, 0.2) is 0 Å². The minimum Gasteiger partial charge on any atom is -0.359 e. The van der Waals surface area contributed by atoms with Crippen LogP contribution >= 0.6 is 11.3 Å². The van der Waals surface area contributed by atoms with Gasteiger partial charge in [0.2, 0.25) is 5.91 Å². The van der Waals surface area contributed by atoms with Crippen molar-refractivity contribution in [3.8, 4) is 0 Å². The smallest absolute Gasteiger partial charge is 0.226 e. The van der Waals surface area contributed by atoms with Gasteiger partial charge in [-0.3, -0.25) is 4.79 Å². The first-order valence-electron chi connectivity index (χ1n) is 4.68. The Kier molecular flexibility index (Phi) is 2.79. The molecule has 14 heavy (non-hydrogen) atoms. The Morgan fingerprint density at radius 2 is 2.57 bits per heavy atom. The van der Waals surface area contributed by atoms with Crippen LogP contribution in [-0.2, 0) is 24.2 Å². The van der Waals surface area contributed by atoms with E-state index in [0.29, 0.717) is 6.42 Å². The highest BCUT2D eigenvalue weighted by molar-refractivity contribution is 7.11. The Morgan fingerprint density at radius 1 is 1.71 bits per heavy atom. The van der Waals surface area contributed by atoms with Gasteiger partial charge in [-0.2, -0.15) is 0 Å². The van der Waals surface area contributed by atoms with E-state index in [9.17, 15) is 4.79 Å². The second-order valence-electron chi connectivity index (χ2n) is 3.25. The fraction of sp³-hybridized carbons (Fsp3) is 0.556. The third-order valence-corrected chi connectivity index (χ3v) is 3.33. The van der Waals surface area contributed by atoms with E-state index in [-0.39, 0.29) is 5.91 Å². The first-order valence-corrected chi connectivity index (χ1v) is 5.50. The van der Waals surface area contributed by atoms with Crippen LogP contribution in [0.5, 0.6) is 0 Å². The van der Waals surface area contributed by atoms with Gasteiger partial charge in [-0.25, -0.2) is 4.98 Å². The lowest BCUT2D eigenvalue weighted by molar-refractivity contribution is -0.119. The van der Waals surface area contributed by atoms with Gasteiger partial charge in [-0.05, 0) is 0 Å². The minimum atomic E-state index is 0.0315. The van der Waals surface area contributed by atoms with Crippen molar-refractivity contribution in [2.75, 3.05) is 13.6 Å². The van der Waals surface area contributed by atoms with Crippen molar-refractivity contribution in [2.24, 2.45) is 0 Å². The highest BCUT2D eigenvalue weighted by atomic mass is 32.1. The van der Waals surface area contributed by atoms with Gasteiger partial charge in [0.05, 0.1) is 12.1 Å². The minimum absolute atomic E-state index is 0.0315. The zero-order chi connectivity index (χ0) is 9.97. The Morgan fingerprint density at radius 3 is 3.29 bits per heavy atom. The molecule has 4 nitrogen and oxygen atoms in total. The van der Waals surface area contributed by atoms with Crippen LogP contribution in [0.15, 0.2) is 0 Å². The normalized spacial score (nSPS) is 14.9. The number of fused-ring (bicyclic) bond motifs is 1. The van der Waals surface area contributed by atoms with Crippen molar-refractivity contribution in [1.29, 1.82) is 0 Å². The van der Waals surface area contributed by atoms with Gasteiger partial charge in [0, 0.05) is 31.4 Å². The number of nitrogens with one attached hydrogen (secondary N) is 2. The molecule has 76 valence electrons. The van der Waals surface area contributed by atoms with Crippen LogP contribution in [0.3, 0.4) is 0 Å². The number of aromatic nitrogens is 1. The molecule has 5 heteroatoms. The average molecular weight is 211 g/mol. The lowest BCUT2D eigenvalue weighted by atomic mass is 10.2. The SMILES string of the molecule is CNC(=O)Cc1nc2c(s1)CNCC2. The monoisotopic (exact) mass is 211 g/mol. The molecule has 0 radical (unpaired) electrons. The van der Waals surface area contributed by atoms with Crippen LogP contribution in [0.2, 0.25) is 0 Å². The zero-order valence-corrected chi connectivity index (χ0v) is 8.91. The third-order valence-electron chi connectivity index (χ3n) is 2.24. The van der Waals surface area contributed by atoms with Crippen LogP contribution in [0.4, 0.5) is 0 Å². The van der Waals surface area contributed by atoms with Gasteiger partial charge in [-0.15, -0.1) is 11.3 Å². The number of carbonyl (C=O) groups is 1. The predicted molar refractivity (Wildman–Crippen MR) is 55.3 cm³/mol. The van der Waals surface area contributed by atoms with Crippen LogP contribution < -0.4 is 10.6 Å². The van der Waals surface area contributed by atoms with E-state index in [4.69, 9.17) is 0 Å². The fourth-order valence-electron chi connectivity index (χ4n) is 1.48. The molecule has 1 aliphatic rings. The van der Waals surface area contributed by atoms with Crippen molar-refractivity contribution in [3.63, 3.8) is 0 Å². The molecule has 2 N–H and O–H groups in total. The Labute approximate surface area is 86.7 Å². The van der Waals surface area contributed by atoms with E-state index < -0.39 is 0 Å². The maximum absolute atomic E-state index is 11.1. The Hall–Kier alpha value is -0.940. The zero-order valence-electron chi connectivity index (χ0n) is 8.09. The molecule has 1 aromatic rings. The molecule has 0 bridgehead atoms. The number of carbonyl (C=O) groups excluding carboxylic acids is 1. The topological polar surface area (TPSA) is 54.0 Å². The molecule has 0 saturated heterocycles. The lowest BCUT2D eigenvalue weighted by Gasteiger charge is -2.09. The molecule has 0 atom stereocenters. The molecule has 0 aliphatic carbocycles. The summed E-state index contributed by atoms with van der Waals surface area (Å²) in [6.45, 7) is 1.90. The van der Waals surface area contributed by atoms with Crippen LogP contribution in [-0.4, -0.2) is 24.5 Å². The summed E-state index contributed by atoms with van der Waals surface area (Å²) < 4.78 is 0. The molecule has 0 spiro atoms. The number of hydrogen-bond donors (Lipinski definition) is 2. The van der Waals surface area contributed by atoms with E-state index in [0.717, 1.165) is 24.5 Å². The molecule has 1 amide bonds. The molecule has 1 aromatic heterocycles. The largest absolute Gasteiger partial charge is 0.359 e. The quantitative estimate of drug-likeness (QED) is 0.728. The van der Waals surface area contributed by atoms with Crippen LogP contribution in [0.1, 0.15) is 15.6 Å². The summed E-state index contributed by atoms with van der Waals surface area (Å²) in [5.41, 5.74) is 1.17. The maximum atomic E-state index is 11.1. The van der Waals surface area contributed by atoms with Gasteiger partial charge < -0.3 is 10.6 Å². The highest BCUT2D eigenvalue weighted by Crippen LogP contribution is 2.21. The van der Waals surface area contributed by atoms with E-state index in [1.54, 1.807) is 18.4 Å². The summed E-state index contributed by atoms with van der Waals surface area (Å²) in [4.78, 5) is 16.9. The molecule has 2 rings (SSSR count). The number of thiazole rings is 1. The van der Waals surface area contributed by atoms with Gasteiger partial charge in [0.25, 0.3) is 0 Å². The molecular formula is C9H13N3OS. The second-order valence-corrected chi connectivity index (χ2v) is 4.42. The molecule has 2 heterocycles. The van der Waals surface area contributed by atoms with Crippen molar-refractivity contribution in [1.82, 2.24) is 15.6 Å². The number of likely N-dealkylation sites (N-methyl/N-ethyl adjacent to an activating group) is 1. The van der Waals surface area contributed by atoms with Gasteiger partial charge in [-0.1, -0.05) is 0 Å². The van der Waals surface area contributed by atoms with Gasteiger partial charge >= 0.3 is 0 Å². The van der Waals surface area contributed by atoms with E-state index in [1.807, 2.05) is 0 Å². The van der Waals surface area contributed by atoms with Crippen molar-refractivity contribution >= 4 is 17.2 Å². The second kappa shape index (κ2) is 4.06. The van der Waals surface area contributed by atoms with Crippen molar-refractivity contribution in [2.45, 2.75) is 19.4 Å². The summed E-state index contributed by atoms with van der Waals surface area (Å²) in [6.07, 6.45) is 1.40. The molecule has 0 unspecified atom stereocenters. The predicted octanol–water partition coefficient (Wildman–Crippen LogP) is 0.0773. The van der Waals surface area contributed by atoms with Crippen LogP contribution in [0.25, 0.3) is 0 Å². The van der Waals surface area contributed by atoms with Crippen molar-refractivity contribution in [3.05, 3.63) is 15.6 Å². The molecule has 0 fully saturated rings. The molecule has 0 saturated carbocycles. The number of rotatable bonds is 2. The maximum Gasteiger partial charge on any atom is 0.226 e. The Bertz CT molecular complexity index is 324. The van der Waals surface area contributed by atoms with Gasteiger partial charge in [0.1, 0.15) is 5.01 Å². The highest BCUT2D eigenvalue weighted by Gasteiger charge is 2.15. The van der Waals surface area contributed by atoms with Crippen molar-refractivity contribution < 1.29 is 4.79 Å². The average Bonchev–Trinajstić information content (AvgIpc) is 2.59. The number of hydrogen-bond acceptors (Lipinski definition) is 4. The summed E-state index contributed by atoms with van der Waals surface area (Å²) in [5, 5.41) is 6.83. The van der Waals surface area contributed by atoms with E-state index in [1.165, 1.54) is 10.6 Å². The number of amides is 1. The summed E-state index contributed by atoms with van der Waals surface area (Å²) in [6, 6.07) is 0. The van der Waals surface area contributed by atoms with E-state index >= 15 is 0 Å². The fourth-order valence-corrected chi connectivity index (χ4v) is 2.56. The standard InChI is InChI=1S/C9H13N3OS/c1-10-8(13)4-9-12-6-2-3-11-5-7(6)14-9/h11H,2-5H2,1H3,(H,10,13). The summed E-state index contributed by atoms with van der Waals surface area (Å²) in [5.74, 6) is 0.0315. The van der Waals surface area contributed by atoms with E-state index in [2.05, 4.69) is 15.6 Å². The number of nitrogens with zero attached hydrogens (tertiary/aromatic N) is 1. The third kappa shape index (κ3) is 1.93. The Balaban J connectivity index is 2.12. The first-order chi connectivity index (χ1) is 6.79. The van der Waals surface area contributed by atoms with Crippen LogP contribution in [0, 0.1) is 0 Å². The summed E-state index contributed by atoms with van der Waals surface area (Å²) in [7, 11) is 1.65.